The lowest BCUT2D eigenvalue weighted by atomic mass is 10.2. The lowest BCUT2D eigenvalue weighted by Crippen LogP contribution is -2.26. The van der Waals surface area contributed by atoms with Crippen molar-refractivity contribution in [1.82, 2.24) is 10.2 Å². The summed E-state index contributed by atoms with van der Waals surface area (Å²) in [5.41, 5.74) is 1.25. The molecule has 0 saturated carbocycles. The van der Waals surface area contributed by atoms with Crippen molar-refractivity contribution < 1.29 is 4.42 Å². The van der Waals surface area contributed by atoms with Crippen molar-refractivity contribution in [3.8, 4) is 0 Å². The summed E-state index contributed by atoms with van der Waals surface area (Å²) in [6.45, 7) is 17.1. The quantitative estimate of drug-likeness (QED) is 0.780. The maximum atomic E-state index is 5.97. The maximum Gasteiger partial charge on any atom is 0.120 e. The summed E-state index contributed by atoms with van der Waals surface area (Å²) in [7, 11) is 0. The zero-order valence-electron chi connectivity index (χ0n) is 13.4. The normalized spacial score (nSPS) is 12.1. The van der Waals surface area contributed by atoms with E-state index >= 15 is 0 Å². The van der Waals surface area contributed by atoms with Crippen LogP contribution in [-0.2, 0) is 13.1 Å². The Morgan fingerprint density at radius 2 is 1.95 bits per heavy atom. The summed E-state index contributed by atoms with van der Waals surface area (Å²) < 4.78 is 5.97. The zero-order chi connectivity index (χ0) is 14.4. The molecule has 0 bridgehead atoms. The molecule has 3 nitrogen and oxygen atoms in total. The van der Waals surface area contributed by atoms with Crippen LogP contribution in [0.3, 0.4) is 0 Å². The van der Waals surface area contributed by atoms with Gasteiger partial charge in [0, 0.05) is 12.6 Å². The minimum Gasteiger partial charge on any atom is -0.463 e. The highest BCUT2D eigenvalue weighted by Crippen LogP contribution is 2.17. The largest absolute Gasteiger partial charge is 0.463 e. The molecular weight excluding hydrogens is 236 g/mol. The molecule has 0 spiro atoms. The third kappa shape index (κ3) is 5.79. The third-order valence-electron chi connectivity index (χ3n) is 3.19. The second kappa shape index (κ2) is 7.71. The molecule has 0 aromatic carbocycles. The fraction of sp³-hybridized carbons (Fsp3) is 0.750. The van der Waals surface area contributed by atoms with Crippen LogP contribution < -0.4 is 5.32 Å². The molecule has 0 fully saturated rings. The van der Waals surface area contributed by atoms with Gasteiger partial charge in [0.05, 0.1) is 13.1 Å². The summed E-state index contributed by atoms with van der Waals surface area (Å²) in [6.07, 6.45) is 0. The van der Waals surface area contributed by atoms with E-state index in [1.54, 1.807) is 0 Å². The maximum absolute atomic E-state index is 5.97. The molecule has 19 heavy (non-hydrogen) atoms. The van der Waals surface area contributed by atoms with Crippen LogP contribution in [0.1, 0.15) is 51.7 Å². The summed E-state index contributed by atoms with van der Waals surface area (Å²) in [4.78, 5) is 2.43. The van der Waals surface area contributed by atoms with E-state index in [1.807, 2.05) is 0 Å². The Morgan fingerprint density at radius 3 is 2.47 bits per heavy atom. The Kier molecular flexibility index (Phi) is 6.59. The van der Waals surface area contributed by atoms with Crippen LogP contribution in [0.25, 0.3) is 0 Å². The van der Waals surface area contributed by atoms with Crippen molar-refractivity contribution in [1.29, 1.82) is 0 Å². The van der Waals surface area contributed by atoms with E-state index in [0.29, 0.717) is 12.0 Å². The lowest BCUT2D eigenvalue weighted by Gasteiger charge is -2.21. The molecule has 3 heteroatoms. The molecular formula is C16H30N2O. The molecule has 110 valence electrons. The Morgan fingerprint density at radius 1 is 1.26 bits per heavy atom. The van der Waals surface area contributed by atoms with Crippen LogP contribution in [0, 0.1) is 12.8 Å². The van der Waals surface area contributed by atoms with Gasteiger partial charge >= 0.3 is 0 Å². The minimum absolute atomic E-state index is 0.487. The molecule has 1 rings (SSSR count). The summed E-state index contributed by atoms with van der Waals surface area (Å²) in [6, 6.07) is 2.67. The first-order valence-electron chi connectivity index (χ1n) is 7.46. The smallest absolute Gasteiger partial charge is 0.120 e. The van der Waals surface area contributed by atoms with Crippen LogP contribution in [0.15, 0.2) is 10.5 Å². The van der Waals surface area contributed by atoms with Gasteiger partial charge in [0.25, 0.3) is 0 Å². The van der Waals surface area contributed by atoms with Crippen LogP contribution >= 0.6 is 0 Å². The molecule has 1 aromatic rings. The van der Waals surface area contributed by atoms with Crippen molar-refractivity contribution in [2.24, 2.45) is 5.92 Å². The van der Waals surface area contributed by atoms with E-state index in [-0.39, 0.29) is 0 Å². The van der Waals surface area contributed by atoms with E-state index in [1.165, 1.54) is 5.56 Å². The highest BCUT2D eigenvalue weighted by atomic mass is 16.3. The first kappa shape index (κ1) is 16.3. The molecule has 0 aliphatic carbocycles. The number of hydrogen-bond acceptors (Lipinski definition) is 3. The topological polar surface area (TPSA) is 28.4 Å². The number of rotatable bonds is 8. The van der Waals surface area contributed by atoms with Crippen LogP contribution in [0.5, 0.6) is 0 Å². The van der Waals surface area contributed by atoms with E-state index in [4.69, 9.17) is 4.42 Å². The van der Waals surface area contributed by atoms with Gasteiger partial charge in [-0.2, -0.15) is 0 Å². The standard InChI is InChI=1S/C16H30N2O/c1-7-18(10-12(2)3)11-15-8-14(6)16(19-15)9-17-13(4)5/h8,12-13,17H,7,9-11H2,1-6H3. The molecule has 1 heterocycles. The molecule has 0 atom stereocenters. The van der Waals surface area contributed by atoms with E-state index in [2.05, 4.69) is 57.8 Å². The average molecular weight is 266 g/mol. The predicted octanol–water partition coefficient (Wildman–Crippen LogP) is 3.56. The molecule has 0 aliphatic heterocycles. The molecule has 0 saturated heterocycles. The van der Waals surface area contributed by atoms with Crippen molar-refractivity contribution in [2.75, 3.05) is 13.1 Å². The summed E-state index contributed by atoms with van der Waals surface area (Å²) in [5.74, 6) is 2.85. The van der Waals surface area contributed by atoms with Gasteiger partial charge in [0.15, 0.2) is 0 Å². The van der Waals surface area contributed by atoms with Gasteiger partial charge < -0.3 is 9.73 Å². The van der Waals surface area contributed by atoms with E-state index in [0.717, 1.165) is 37.7 Å². The van der Waals surface area contributed by atoms with Crippen molar-refractivity contribution in [3.05, 3.63) is 23.2 Å². The number of furan rings is 1. The van der Waals surface area contributed by atoms with Crippen LogP contribution in [0.4, 0.5) is 0 Å². The highest BCUT2D eigenvalue weighted by Gasteiger charge is 2.12. The first-order valence-corrected chi connectivity index (χ1v) is 7.46. The van der Waals surface area contributed by atoms with E-state index in [9.17, 15) is 0 Å². The minimum atomic E-state index is 0.487. The van der Waals surface area contributed by atoms with Gasteiger partial charge in [-0.1, -0.05) is 34.6 Å². The lowest BCUT2D eigenvalue weighted by molar-refractivity contribution is 0.227. The first-order chi connectivity index (χ1) is 8.92. The Hall–Kier alpha value is -0.800. The van der Waals surface area contributed by atoms with Crippen molar-refractivity contribution in [3.63, 3.8) is 0 Å². The number of nitrogens with one attached hydrogen (secondary N) is 1. The molecule has 1 N–H and O–H groups in total. The molecule has 0 unspecified atom stereocenters. The summed E-state index contributed by atoms with van der Waals surface area (Å²) in [5, 5.41) is 3.41. The fourth-order valence-corrected chi connectivity index (χ4v) is 2.18. The second-order valence-electron chi connectivity index (χ2n) is 6.08. The fourth-order valence-electron chi connectivity index (χ4n) is 2.18. The van der Waals surface area contributed by atoms with Gasteiger partial charge in [-0.05, 0) is 31.0 Å². The van der Waals surface area contributed by atoms with Crippen molar-refractivity contribution in [2.45, 2.75) is 60.7 Å². The molecule has 0 amide bonds. The zero-order valence-corrected chi connectivity index (χ0v) is 13.4. The molecule has 0 radical (unpaired) electrons. The van der Waals surface area contributed by atoms with Gasteiger partial charge in [0.1, 0.15) is 11.5 Å². The number of nitrogens with zero attached hydrogens (tertiary/aromatic N) is 1. The number of aryl methyl sites for hydroxylation is 1. The molecule has 0 aliphatic rings. The van der Waals surface area contributed by atoms with Gasteiger partial charge in [0.2, 0.25) is 0 Å². The third-order valence-corrected chi connectivity index (χ3v) is 3.19. The Bertz CT molecular complexity index is 369. The predicted molar refractivity (Wildman–Crippen MR) is 81.2 cm³/mol. The SMILES string of the molecule is CCN(Cc1cc(C)c(CNC(C)C)o1)CC(C)C. The van der Waals surface area contributed by atoms with Crippen LogP contribution in [-0.4, -0.2) is 24.0 Å². The highest BCUT2D eigenvalue weighted by molar-refractivity contribution is 5.20. The van der Waals surface area contributed by atoms with Crippen LogP contribution in [0.2, 0.25) is 0 Å². The average Bonchev–Trinajstić information content (AvgIpc) is 2.65. The Labute approximate surface area is 118 Å². The van der Waals surface area contributed by atoms with Gasteiger partial charge in [-0.15, -0.1) is 0 Å². The summed E-state index contributed by atoms with van der Waals surface area (Å²) >= 11 is 0. The van der Waals surface area contributed by atoms with E-state index < -0.39 is 0 Å². The second-order valence-corrected chi connectivity index (χ2v) is 6.08. The molecule has 1 aromatic heterocycles. The van der Waals surface area contributed by atoms with Gasteiger partial charge in [-0.25, -0.2) is 0 Å². The monoisotopic (exact) mass is 266 g/mol. The number of hydrogen-bond donors (Lipinski definition) is 1. The van der Waals surface area contributed by atoms with Crippen molar-refractivity contribution >= 4 is 0 Å². The van der Waals surface area contributed by atoms with Gasteiger partial charge in [-0.3, -0.25) is 4.90 Å². The Balaban J connectivity index is 2.61.